The van der Waals surface area contributed by atoms with Gasteiger partial charge in [0.25, 0.3) is 11.6 Å². The van der Waals surface area contributed by atoms with Crippen molar-refractivity contribution in [2.45, 2.75) is 6.54 Å². The lowest BCUT2D eigenvalue weighted by atomic mass is 10.1. The second-order valence-corrected chi connectivity index (χ2v) is 6.27. The van der Waals surface area contributed by atoms with Crippen LogP contribution in [-0.2, 0) is 6.54 Å². The van der Waals surface area contributed by atoms with E-state index in [-0.39, 0.29) is 24.3 Å². The molecular weight excluding hydrogens is 402 g/mol. The monoisotopic (exact) mass is 419 g/mol. The number of hydrogen-bond donors (Lipinski definition) is 3. The molecule has 0 saturated carbocycles. The van der Waals surface area contributed by atoms with Crippen molar-refractivity contribution in [1.82, 2.24) is 25.9 Å². The zero-order chi connectivity index (χ0) is 22.2. The van der Waals surface area contributed by atoms with E-state index in [1.54, 1.807) is 36.4 Å². The molecule has 1 heterocycles. The Labute approximate surface area is 176 Å². The fraction of sp³-hybridized carbons (Fsp3) is 0.100. The number of rotatable bonds is 6. The minimum absolute atomic E-state index is 0.105. The third-order valence-electron chi connectivity index (χ3n) is 4.16. The van der Waals surface area contributed by atoms with Gasteiger partial charge in [-0.15, -0.1) is 0 Å². The predicted octanol–water partition coefficient (Wildman–Crippen LogP) is 1.97. The lowest BCUT2D eigenvalue weighted by Crippen LogP contribution is -2.47. The Balaban J connectivity index is 1.55. The summed E-state index contributed by atoms with van der Waals surface area (Å²) in [5.41, 5.74) is 5.83. The maximum Gasteiger partial charge on any atom is 0.333 e. The Hall–Kier alpha value is -4.72. The van der Waals surface area contributed by atoms with Gasteiger partial charge in [0, 0.05) is 36.0 Å². The molecule has 0 unspecified atom stereocenters. The van der Waals surface area contributed by atoms with Crippen molar-refractivity contribution >= 4 is 17.6 Å². The van der Waals surface area contributed by atoms with Gasteiger partial charge in [0.1, 0.15) is 11.8 Å². The molecule has 0 radical (unpaired) electrons. The molecule has 0 aliphatic carbocycles. The second-order valence-electron chi connectivity index (χ2n) is 6.27. The standard InChI is InChI=1S/C20H17N7O4/c21-12-16-13-26(25-18(16)15-7-4-8-17(11-15)27(30)31)10-9-22-20(29)24-23-19(28)14-5-2-1-3-6-14/h1-8,11,13H,9-10H2,(H,23,28)(H2,22,24,29). The van der Waals surface area contributed by atoms with Crippen molar-refractivity contribution in [3.63, 3.8) is 0 Å². The van der Waals surface area contributed by atoms with E-state index < -0.39 is 16.9 Å². The first-order valence-corrected chi connectivity index (χ1v) is 9.09. The van der Waals surface area contributed by atoms with Gasteiger partial charge in [0.05, 0.1) is 17.0 Å². The number of hydrazine groups is 1. The molecule has 0 spiro atoms. The normalized spacial score (nSPS) is 10.0. The number of nitro benzene ring substituents is 1. The molecule has 0 bridgehead atoms. The molecule has 0 atom stereocenters. The summed E-state index contributed by atoms with van der Waals surface area (Å²) in [6.07, 6.45) is 1.49. The van der Waals surface area contributed by atoms with Crippen molar-refractivity contribution in [2.24, 2.45) is 0 Å². The van der Waals surface area contributed by atoms with Crippen molar-refractivity contribution in [3.8, 4) is 17.3 Å². The third-order valence-corrected chi connectivity index (χ3v) is 4.16. The number of non-ortho nitro benzene ring substituents is 1. The van der Waals surface area contributed by atoms with E-state index in [4.69, 9.17) is 0 Å². The van der Waals surface area contributed by atoms with Crippen LogP contribution in [-0.4, -0.2) is 33.2 Å². The van der Waals surface area contributed by atoms with Crippen LogP contribution in [0.5, 0.6) is 0 Å². The first-order valence-electron chi connectivity index (χ1n) is 9.09. The molecule has 31 heavy (non-hydrogen) atoms. The third kappa shape index (κ3) is 5.42. The average molecular weight is 419 g/mol. The van der Waals surface area contributed by atoms with Crippen LogP contribution < -0.4 is 16.2 Å². The Morgan fingerprint density at radius 1 is 1.13 bits per heavy atom. The van der Waals surface area contributed by atoms with Crippen LogP contribution in [0, 0.1) is 21.4 Å². The summed E-state index contributed by atoms with van der Waals surface area (Å²) in [5, 5.41) is 27.2. The summed E-state index contributed by atoms with van der Waals surface area (Å²) in [6.45, 7) is 0.400. The summed E-state index contributed by atoms with van der Waals surface area (Å²) < 4.78 is 1.45. The number of carbonyl (C=O) groups excluding carboxylic acids is 2. The molecule has 0 fully saturated rings. The van der Waals surface area contributed by atoms with E-state index in [9.17, 15) is 25.0 Å². The smallest absolute Gasteiger partial charge is 0.333 e. The van der Waals surface area contributed by atoms with Gasteiger partial charge in [-0.2, -0.15) is 10.4 Å². The molecule has 156 valence electrons. The Morgan fingerprint density at radius 3 is 2.61 bits per heavy atom. The van der Waals surface area contributed by atoms with Gasteiger partial charge < -0.3 is 5.32 Å². The molecule has 3 rings (SSSR count). The number of nitriles is 1. The summed E-state index contributed by atoms with van der Waals surface area (Å²) in [6, 6.07) is 15.6. The van der Waals surface area contributed by atoms with Gasteiger partial charge >= 0.3 is 6.03 Å². The van der Waals surface area contributed by atoms with Crippen LogP contribution in [0.3, 0.4) is 0 Å². The Kier molecular flexibility index (Phi) is 6.54. The fourth-order valence-electron chi connectivity index (χ4n) is 2.70. The number of aromatic nitrogens is 2. The van der Waals surface area contributed by atoms with Crippen molar-refractivity contribution in [1.29, 1.82) is 5.26 Å². The highest BCUT2D eigenvalue weighted by molar-refractivity contribution is 5.95. The summed E-state index contributed by atoms with van der Waals surface area (Å²) in [4.78, 5) is 34.2. The molecule has 0 aliphatic rings. The quantitative estimate of drug-likeness (QED) is 0.410. The van der Waals surface area contributed by atoms with Gasteiger partial charge in [0.2, 0.25) is 0 Å². The molecule has 11 nitrogen and oxygen atoms in total. The summed E-state index contributed by atoms with van der Waals surface area (Å²) in [5.74, 6) is -0.455. The highest BCUT2D eigenvalue weighted by Crippen LogP contribution is 2.25. The van der Waals surface area contributed by atoms with Gasteiger partial charge in [0.15, 0.2) is 0 Å². The van der Waals surface area contributed by atoms with Crippen LogP contribution in [0.25, 0.3) is 11.3 Å². The van der Waals surface area contributed by atoms with E-state index >= 15 is 0 Å². The van der Waals surface area contributed by atoms with E-state index in [1.807, 2.05) is 6.07 Å². The average Bonchev–Trinajstić information content (AvgIpc) is 3.21. The Morgan fingerprint density at radius 2 is 1.90 bits per heavy atom. The molecular formula is C20H17N7O4. The second kappa shape index (κ2) is 9.66. The van der Waals surface area contributed by atoms with Crippen molar-refractivity contribution in [3.05, 3.63) is 82.0 Å². The highest BCUT2D eigenvalue weighted by atomic mass is 16.6. The minimum Gasteiger partial charge on any atom is -0.335 e. The first-order chi connectivity index (χ1) is 15.0. The summed E-state index contributed by atoms with van der Waals surface area (Å²) in [7, 11) is 0. The van der Waals surface area contributed by atoms with Gasteiger partial charge in [-0.3, -0.25) is 25.0 Å². The maximum atomic E-state index is 11.9. The number of nitrogens with zero attached hydrogens (tertiary/aromatic N) is 4. The topological polar surface area (TPSA) is 155 Å². The molecule has 0 aliphatic heterocycles. The van der Waals surface area contributed by atoms with Crippen LogP contribution in [0.1, 0.15) is 15.9 Å². The molecule has 2 aromatic carbocycles. The van der Waals surface area contributed by atoms with Crippen LogP contribution in [0.2, 0.25) is 0 Å². The van der Waals surface area contributed by atoms with Gasteiger partial charge in [-0.1, -0.05) is 30.3 Å². The molecule has 1 aromatic heterocycles. The molecule has 3 amide bonds. The SMILES string of the molecule is N#Cc1cn(CCNC(=O)NNC(=O)c2ccccc2)nc1-c1cccc([N+](=O)[O-])c1. The Bertz CT molecular complexity index is 1150. The van der Waals surface area contributed by atoms with E-state index in [2.05, 4.69) is 21.3 Å². The molecule has 11 heteroatoms. The molecule has 0 saturated heterocycles. The van der Waals surface area contributed by atoms with Gasteiger partial charge in [-0.25, -0.2) is 10.2 Å². The lowest BCUT2D eigenvalue weighted by molar-refractivity contribution is -0.384. The van der Waals surface area contributed by atoms with Crippen LogP contribution in [0.15, 0.2) is 60.8 Å². The van der Waals surface area contributed by atoms with Gasteiger partial charge in [-0.05, 0) is 12.1 Å². The number of carbonyl (C=O) groups is 2. The van der Waals surface area contributed by atoms with E-state index in [0.717, 1.165) is 0 Å². The first kappa shape index (κ1) is 21.0. The van der Waals surface area contributed by atoms with Crippen molar-refractivity contribution < 1.29 is 14.5 Å². The maximum absolute atomic E-state index is 11.9. The number of hydrogen-bond acceptors (Lipinski definition) is 6. The zero-order valence-corrected chi connectivity index (χ0v) is 16.1. The largest absolute Gasteiger partial charge is 0.335 e. The molecule has 3 aromatic rings. The number of nitrogens with one attached hydrogen (secondary N) is 3. The summed E-state index contributed by atoms with van der Waals surface area (Å²) >= 11 is 0. The predicted molar refractivity (Wildman–Crippen MR) is 109 cm³/mol. The van der Waals surface area contributed by atoms with E-state index in [1.165, 1.54) is 29.1 Å². The number of benzene rings is 2. The fourth-order valence-corrected chi connectivity index (χ4v) is 2.70. The van der Waals surface area contributed by atoms with E-state index in [0.29, 0.717) is 16.8 Å². The number of nitro groups is 1. The number of amides is 3. The zero-order valence-electron chi connectivity index (χ0n) is 16.1. The minimum atomic E-state index is -0.615. The molecule has 3 N–H and O–H groups in total. The highest BCUT2D eigenvalue weighted by Gasteiger charge is 2.14. The van der Waals surface area contributed by atoms with Crippen LogP contribution >= 0.6 is 0 Å². The van der Waals surface area contributed by atoms with Crippen molar-refractivity contribution in [2.75, 3.05) is 6.54 Å². The number of urea groups is 1. The van der Waals surface area contributed by atoms with Crippen LogP contribution in [0.4, 0.5) is 10.5 Å². The lowest BCUT2D eigenvalue weighted by Gasteiger charge is -2.09.